The van der Waals surface area contributed by atoms with Crippen LogP contribution >= 0.6 is 0 Å². The van der Waals surface area contributed by atoms with E-state index in [0.29, 0.717) is 34.2 Å². The first kappa shape index (κ1) is 14.3. The van der Waals surface area contributed by atoms with Gasteiger partial charge in [0.1, 0.15) is 0 Å². The summed E-state index contributed by atoms with van der Waals surface area (Å²) in [4.78, 5) is 10.1. The van der Waals surface area contributed by atoms with Gasteiger partial charge < -0.3 is 9.68 Å². The summed E-state index contributed by atoms with van der Waals surface area (Å²) in [7, 11) is 0. The maximum Gasteiger partial charge on any atom is 0.236 e. The quantitative estimate of drug-likeness (QED) is 0.392. The predicted molar refractivity (Wildman–Crippen MR) is 61.0 cm³/mol. The van der Waals surface area contributed by atoms with Crippen molar-refractivity contribution in [3.63, 3.8) is 0 Å². The van der Waals surface area contributed by atoms with Crippen LogP contribution in [-0.4, -0.2) is 35.4 Å². The molecule has 0 amide bonds. The fourth-order valence-electron chi connectivity index (χ4n) is 0.849. The van der Waals surface area contributed by atoms with E-state index in [4.69, 9.17) is 0 Å². The van der Waals surface area contributed by atoms with Crippen molar-refractivity contribution in [3.05, 3.63) is 21.6 Å². The molecule has 0 aliphatic heterocycles. The highest BCUT2D eigenvalue weighted by atomic mass is 16.9. The molecule has 0 aromatic rings. The summed E-state index contributed by atoms with van der Waals surface area (Å²) in [5, 5.41) is 22.1. The molecule has 6 nitrogen and oxygen atoms in total. The van der Waals surface area contributed by atoms with Crippen LogP contribution in [0, 0.1) is 10.4 Å². The van der Waals surface area contributed by atoms with Crippen molar-refractivity contribution >= 4 is 12.4 Å². The van der Waals surface area contributed by atoms with E-state index in [0.717, 1.165) is 0 Å². The summed E-state index contributed by atoms with van der Waals surface area (Å²) >= 11 is 0. The molecule has 16 heavy (non-hydrogen) atoms. The highest BCUT2D eigenvalue weighted by Gasteiger charge is 2.02. The average molecular weight is 230 g/mol. The van der Waals surface area contributed by atoms with Crippen LogP contribution in [0.15, 0.2) is 11.1 Å². The van der Waals surface area contributed by atoms with Gasteiger partial charge in [0, 0.05) is 21.0 Å². The zero-order chi connectivity index (χ0) is 12.6. The van der Waals surface area contributed by atoms with E-state index in [2.05, 4.69) is 9.68 Å². The van der Waals surface area contributed by atoms with Crippen molar-refractivity contribution in [3.8, 4) is 0 Å². The topological polar surface area (TPSA) is 70.6 Å². The van der Waals surface area contributed by atoms with Gasteiger partial charge >= 0.3 is 0 Å². The molecule has 0 saturated heterocycles. The molecule has 0 rings (SSSR count). The van der Waals surface area contributed by atoms with Gasteiger partial charge in [-0.05, 0) is 13.8 Å². The van der Waals surface area contributed by atoms with Crippen LogP contribution in [0.2, 0.25) is 0 Å². The molecule has 0 radical (unpaired) electrons. The first-order chi connectivity index (χ1) is 7.51. The molecule has 92 valence electrons. The van der Waals surface area contributed by atoms with Crippen molar-refractivity contribution in [2.24, 2.45) is 0 Å². The molecule has 0 atom stereocenters. The minimum absolute atomic E-state index is 0.294. The molecule has 0 aliphatic carbocycles. The minimum atomic E-state index is 0.294. The zero-order valence-electron chi connectivity index (χ0n) is 10.1. The van der Waals surface area contributed by atoms with Gasteiger partial charge in [-0.25, -0.2) is 0 Å². The van der Waals surface area contributed by atoms with E-state index in [9.17, 15) is 10.4 Å². The van der Waals surface area contributed by atoms with E-state index in [-0.39, 0.29) is 0 Å². The van der Waals surface area contributed by atoms with Crippen molar-refractivity contribution in [1.29, 1.82) is 0 Å². The molecular formula is C10H18N2O4. The lowest BCUT2D eigenvalue weighted by Crippen LogP contribution is -2.10. The van der Waals surface area contributed by atoms with E-state index >= 15 is 0 Å². The summed E-state index contributed by atoms with van der Waals surface area (Å²) in [6.45, 7) is 7.42. The van der Waals surface area contributed by atoms with Gasteiger partial charge in [0.15, 0.2) is 0 Å². The molecule has 0 saturated carbocycles. The molecule has 0 bridgehead atoms. The van der Waals surface area contributed by atoms with Gasteiger partial charge in [0.25, 0.3) is 0 Å². The fourth-order valence-corrected chi connectivity index (χ4v) is 0.849. The van der Waals surface area contributed by atoms with E-state index in [1.807, 2.05) is 0 Å². The summed E-state index contributed by atoms with van der Waals surface area (Å²) in [5.41, 5.74) is 1.26. The lowest BCUT2D eigenvalue weighted by molar-refractivity contribution is -0.737. The Morgan fingerprint density at radius 3 is 1.50 bits per heavy atom. The largest absolute Gasteiger partial charge is 0.404 e. The Labute approximate surface area is 95.2 Å². The number of allylic oxidation sites excluding steroid dienone is 2. The molecular weight excluding hydrogens is 212 g/mol. The Morgan fingerprint density at radius 2 is 1.25 bits per heavy atom. The first-order valence-corrected chi connectivity index (χ1v) is 5.07. The van der Waals surface area contributed by atoms with Crippen LogP contribution in [0.1, 0.15) is 27.7 Å². The van der Waals surface area contributed by atoms with Crippen molar-refractivity contribution in [2.45, 2.75) is 27.7 Å². The number of hydrogen-bond acceptors (Lipinski definition) is 4. The second kappa shape index (κ2) is 7.56. The second-order valence-electron chi connectivity index (χ2n) is 3.03. The predicted octanol–water partition coefficient (Wildman–Crippen LogP) is 1.39. The molecule has 0 aromatic carbocycles. The monoisotopic (exact) mass is 230 g/mol. The van der Waals surface area contributed by atoms with Crippen LogP contribution in [0.4, 0.5) is 0 Å². The van der Waals surface area contributed by atoms with Crippen molar-refractivity contribution in [2.75, 3.05) is 13.2 Å². The fraction of sp³-hybridized carbons (Fsp3) is 0.600. The SMILES string of the molecule is CCO[N+]([O-])=C/C(C)=C(/C)C=[N+]([O-])OCC. The number of rotatable bonds is 6. The van der Waals surface area contributed by atoms with Crippen molar-refractivity contribution in [1.82, 2.24) is 0 Å². The highest BCUT2D eigenvalue weighted by Crippen LogP contribution is 1.98. The number of nitrogens with zero attached hydrogens (tertiary/aromatic N) is 2. The second-order valence-corrected chi connectivity index (χ2v) is 3.03. The van der Waals surface area contributed by atoms with Gasteiger partial charge in [-0.15, -0.1) is 0 Å². The van der Waals surface area contributed by atoms with Crippen LogP contribution in [0.5, 0.6) is 0 Å². The third-order valence-corrected chi connectivity index (χ3v) is 1.73. The summed E-state index contributed by atoms with van der Waals surface area (Å²) in [5.74, 6) is 0. The lowest BCUT2D eigenvalue weighted by Gasteiger charge is -2.02. The maximum atomic E-state index is 11.0. The normalized spacial score (nSPS) is 14.5. The van der Waals surface area contributed by atoms with Gasteiger partial charge in [-0.2, -0.15) is 0 Å². The Hall–Kier alpha value is -1.72. The van der Waals surface area contributed by atoms with E-state index in [1.165, 1.54) is 12.4 Å². The lowest BCUT2D eigenvalue weighted by atomic mass is 10.2. The van der Waals surface area contributed by atoms with Gasteiger partial charge in [0.2, 0.25) is 12.4 Å². The van der Waals surface area contributed by atoms with Crippen LogP contribution < -0.4 is 0 Å². The Morgan fingerprint density at radius 1 is 0.938 bits per heavy atom. The molecule has 0 heterocycles. The molecule has 0 N–H and O–H groups in total. The molecule has 0 aromatic heterocycles. The molecule has 0 unspecified atom stereocenters. The van der Waals surface area contributed by atoms with Crippen molar-refractivity contribution < 1.29 is 19.5 Å². The third-order valence-electron chi connectivity index (χ3n) is 1.73. The smallest absolute Gasteiger partial charge is 0.236 e. The first-order valence-electron chi connectivity index (χ1n) is 5.07. The van der Waals surface area contributed by atoms with E-state index in [1.54, 1.807) is 27.7 Å². The standard InChI is InChI=1S/C10H18N2O4/c1-5-15-11(13)7-9(3)10(4)8-12(14)16-6-2/h7-8H,5-6H2,1-4H3/b10-9-,11-7?,12-8?. The maximum absolute atomic E-state index is 11.0. The van der Waals surface area contributed by atoms with Crippen LogP contribution in [0.25, 0.3) is 0 Å². The average Bonchev–Trinajstić information content (AvgIpc) is 2.17. The molecule has 6 heteroatoms. The summed E-state index contributed by atoms with van der Waals surface area (Å²) < 4.78 is 0. The Kier molecular flexibility index (Phi) is 6.74. The molecule has 0 fully saturated rings. The van der Waals surface area contributed by atoms with Crippen LogP contribution in [-0.2, 0) is 9.68 Å². The third kappa shape index (κ3) is 5.90. The van der Waals surface area contributed by atoms with Crippen LogP contribution in [0.3, 0.4) is 0 Å². The Bertz CT molecular complexity index is 278. The highest BCUT2D eigenvalue weighted by molar-refractivity contribution is 5.86. The number of hydrogen-bond donors (Lipinski definition) is 0. The zero-order valence-corrected chi connectivity index (χ0v) is 10.1. The summed E-state index contributed by atoms with van der Waals surface area (Å²) in [6, 6.07) is 0. The minimum Gasteiger partial charge on any atom is -0.404 e. The molecule has 0 spiro atoms. The van der Waals surface area contributed by atoms with Gasteiger partial charge in [0.05, 0.1) is 13.2 Å². The molecule has 0 aliphatic rings. The Balaban J connectivity index is 4.70. The van der Waals surface area contributed by atoms with E-state index < -0.39 is 0 Å². The van der Waals surface area contributed by atoms with Gasteiger partial charge in [-0.3, -0.25) is 10.4 Å². The summed E-state index contributed by atoms with van der Waals surface area (Å²) in [6.07, 6.45) is 2.52. The van der Waals surface area contributed by atoms with Gasteiger partial charge in [-0.1, -0.05) is 13.8 Å².